The van der Waals surface area contributed by atoms with Crippen molar-refractivity contribution in [2.45, 2.75) is 25.0 Å². The molecule has 2 aliphatic heterocycles. The van der Waals surface area contributed by atoms with Gasteiger partial charge in [0, 0.05) is 12.5 Å². The Morgan fingerprint density at radius 2 is 2.12 bits per heavy atom. The number of rotatable bonds is 4. The Kier molecular flexibility index (Phi) is 4.58. The van der Waals surface area contributed by atoms with E-state index in [-0.39, 0.29) is 35.8 Å². The standard InChI is InChI=1S/C17H18N2O4S/c1-2-9-19(14-8-10-24(21,22)12-14)17(20)15-11-16(23-18-15)13-6-4-3-5-7-13/h1,3-7,14,16H,8-12H2/t14-,16-/m0/s1. The Labute approximate surface area is 141 Å². The van der Waals surface area contributed by atoms with Gasteiger partial charge in [0.15, 0.2) is 15.9 Å². The zero-order valence-electron chi connectivity index (χ0n) is 13.1. The van der Waals surface area contributed by atoms with E-state index >= 15 is 0 Å². The number of amides is 1. The summed E-state index contributed by atoms with van der Waals surface area (Å²) in [5, 5.41) is 3.91. The molecule has 0 spiro atoms. The Hall–Kier alpha value is -2.33. The fourth-order valence-corrected chi connectivity index (χ4v) is 4.73. The van der Waals surface area contributed by atoms with Gasteiger partial charge in [-0.15, -0.1) is 6.42 Å². The Morgan fingerprint density at radius 3 is 2.75 bits per heavy atom. The smallest absolute Gasteiger partial charge is 0.272 e. The van der Waals surface area contributed by atoms with E-state index < -0.39 is 15.9 Å². The fraction of sp³-hybridized carbons (Fsp3) is 0.412. The monoisotopic (exact) mass is 346 g/mol. The third-order valence-electron chi connectivity index (χ3n) is 4.26. The summed E-state index contributed by atoms with van der Waals surface area (Å²) in [4.78, 5) is 19.5. The van der Waals surface area contributed by atoms with E-state index in [0.717, 1.165) is 5.56 Å². The number of nitrogens with zero attached hydrogens (tertiary/aromatic N) is 2. The van der Waals surface area contributed by atoms with Crippen molar-refractivity contribution in [1.29, 1.82) is 0 Å². The summed E-state index contributed by atoms with van der Waals surface area (Å²) in [7, 11) is -3.10. The lowest BCUT2D eigenvalue weighted by molar-refractivity contribution is -0.125. The number of oxime groups is 1. The first-order valence-corrected chi connectivity index (χ1v) is 9.55. The number of terminal acetylenes is 1. The molecule has 1 aromatic carbocycles. The maximum atomic E-state index is 12.7. The number of hydrogen-bond acceptors (Lipinski definition) is 5. The van der Waals surface area contributed by atoms with E-state index in [4.69, 9.17) is 11.3 Å². The van der Waals surface area contributed by atoms with Gasteiger partial charge in [-0.25, -0.2) is 8.42 Å². The molecule has 2 atom stereocenters. The van der Waals surface area contributed by atoms with Gasteiger partial charge in [0.2, 0.25) is 0 Å². The van der Waals surface area contributed by atoms with E-state index in [1.165, 1.54) is 4.90 Å². The van der Waals surface area contributed by atoms with Crippen molar-refractivity contribution in [2.24, 2.45) is 5.16 Å². The molecule has 0 unspecified atom stereocenters. The van der Waals surface area contributed by atoms with Crippen LogP contribution in [0.2, 0.25) is 0 Å². The predicted octanol–water partition coefficient (Wildman–Crippen LogP) is 1.15. The Morgan fingerprint density at radius 1 is 1.38 bits per heavy atom. The molecule has 1 amide bonds. The Balaban J connectivity index is 1.71. The first-order valence-electron chi connectivity index (χ1n) is 7.72. The topological polar surface area (TPSA) is 76.0 Å². The molecule has 0 N–H and O–H groups in total. The first kappa shape index (κ1) is 16.5. The van der Waals surface area contributed by atoms with Gasteiger partial charge in [-0.2, -0.15) is 0 Å². The quantitative estimate of drug-likeness (QED) is 0.767. The molecule has 7 heteroatoms. The maximum Gasteiger partial charge on any atom is 0.272 e. The Bertz CT molecular complexity index is 796. The molecule has 2 aliphatic rings. The average Bonchev–Trinajstić information content (AvgIpc) is 3.19. The van der Waals surface area contributed by atoms with Crippen molar-refractivity contribution in [1.82, 2.24) is 4.90 Å². The van der Waals surface area contributed by atoms with E-state index in [1.54, 1.807) is 0 Å². The molecule has 1 saturated heterocycles. The average molecular weight is 346 g/mol. The van der Waals surface area contributed by atoms with Crippen LogP contribution in [-0.4, -0.2) is 49.0 Å². The number of benzene rings is 1. The van der Waals surface area contributed by atoms with Crippen LogP contribution in [0.4, 0.5) is 0 Å². The molecule has 0 saturated carbocycles. The minimum Gasteiger partial charge on any atom is -0.387 e. The molecule has 3 rings (SSSR count). The maximum absolute atomic E-state index is 12.7. The van der Waals surface area contributed by atoms with Gasteiger partial charge in [0.25, 0.3) is 5.91 Å². The number of carbonyl (C=O) groups excluding carboxylic acids is 1. The highest BCUT2D eigenvalue weighted by Crippen LogP contribution is 2.28. The normalized spacial score (nSPS) is 24.7. The summed E-state index contributed by atoms with van der Waals surface area (Å²) in [6.07, 6.45) is 5.81. The number of carbonyl (C=O) groups is 1. The molecule has 6 nitrogen and oxygen atoms in total. The molecule has 24 heavy (non-hydrogen) atoms. The van der Waals surface area contributed by atoms with Gasteiger partial charge in [0.1, 0.15) is 5.71 Å². The first-order chi connectivity index (χ1) is 11.5. The van der Waals surface area contributed by atoms with Crippen LogP contribution in [0.5, 0.6) is 0 Å². The summed E-state index contributed by atoms with van der Waals surface area (Å²) in [6, 6.07) is 9.13. The largest absolute Gasteiger partial charge is 0.387 e. The third kappa shape index (κ3) is 3.44. The minimum absolute atomic E-state index is 0.0450. The second-order valence-electron chi connectivity index (χ2n) is 5.94. The molecule has 0 aliphatic carbocycles. The zero-order chi connectivity index (χ0) is 17.2. The van der Waals surface area contributed by atoms with Crippen molar-refractivity contribution in [2.75, 3.05) is 18.1 Å². The molecular formula is C17H18N2O4S. The zero-order valence-corrected chi connectivity index (χ0v) is 13.9. The van der Waals surface area contributed by atoms with Crippen LogP contribution in [0.1, 0.15) is 24.5 Å². The van der Waals surface area contributed by atoms with Crippen LogP contribution in [0.25, 0.3) is 0 Å². The summed E-state index contributed by atoms with van der Waals surface area (Å²) in [6.45, 7) is 0.0635. The second-order valence-corrected chi connectivity index (χ2v) is 8.17. The molecule has 2 heterocycles. The molecular weight excluding hydrogens is 328 g/mol. The lowest BCUT2D eigenvalue weighted by atomic mass is 10.0. The third-order valence-corrected chi connectivity index (χ3v) is 6.01. The lowest BCUT2D eigenvalue weighted by Gasteiger charge is -2.25. The molecule has 1 aromatic rings. The van der Waals surface area contributed by atoms with E-state index in [9.17, 15) is 13.2 Å². The van der Waals surface area contributed by atoms with Gasteiger partial charge in [-0.3, -0.25) is 4.79 Å². The summed E-state index contributed by atoms with van der Waals surface area (Å²) >= 11 is 0. The second kappa shape index (κ2) is 6.65. The number of hydrogen-bond donors (Lipinski definition) is 0. The van der Waals surface area contributed by atoms with Gasteiger partial charge in [-0.1, -0.05) is 41.4 Å². The van der Waals surface area contributed by atoms with Gasteiger partial charge >= 0.3 is 0 Å². The molecule has 0 radical (unpaired) electrons. The summed E-state index contributed by atoms with van der Waals surface area (Å²) in [5.74, 6) is 2.13. The number of sulfone groups is 1. The van der Waals surface area contributed by atoms with Crippen LogP contribution in [0.3, 0.4) is 0 Å². The molecule has 0 bridgehead atoms. The van der Waals surface area contributed by atoms with Crippen LogP contribution < -0.4 is 0 Å². The lowest BCUT2D eigenvalue weighted by Crippen LogP contribution is -2.44. The van der Waals surface area contributed by atoms with Crippen LogP contribution in [-0.2, 0) is 19.5 Å². The molecule has 1 fully saturated rings. The minimum atomic E-state index is -3.10. The predicted molar refractivity (Wildman–Crippen MR) is 89.9 cm³/mol. The van der Waals surface area contributed by atoms with Crippen molar-refractivity contribution in [3.05, 3.63) is 35.9 Å². The SMILES string of the molecule is C#CCN(C(=O)C1=NO[C@H](c2ccccc2)C1)[C@H]1CCS(=O)(=O)C1. The van der Waals surface area contributed by atoms with Crippen molar-refractivity contribution in [3.63, 3.8) is 0 Å². The van der Waals surface area contributed by atoms with E-state index in [0.29, 0.717) is 12.8 Å². The highest BCUT2D eigenvalue weighted by Gasteiger charge is 2.37. The van der Waals surface area contributed by atoms with Crippen LogP contribution in [0, 0.1) is 12.3 Å². The van der Waals surface area contributed by atoms with Crippen LogP contribution in [0.15, 0.2) is 35.5 Å². The van der Waals surface area contributed by atoms with Gasteiger partial charge in [0.05, 0.1) is 18.1 Å². The van der Waals surface area contributed by atoms with E-state index in [2.05, 4.69) is 11.1 Å². The summed E-state index contributed by atoms with van der Waals surface area (Å²) in [5.41, 5.74) is 1.22. The van der Waals surface area contributed by atoms with Crippen molar-refractivity contribution < 1.29 is 18.0 Å². The highest BCUT2D eigenvalue weighted by molar-refractivity contribution is 7.91. The van der Waals surface area contributed by atoms with Crippen molar-refractivity contribution >= 4 is 21.5 Å². The molecule has 0 aromatic heterocycles. The highest BCUT2D eigenvalue weighted by atomic mass is 32.2. The summed E-state index contributed by atoms with van der Waals surface area (Å²) < 4.78 is 23.4. The van der Waals surface area contributed by atoms with Gasteiger partial charge in [-0.05, 0) is 12.0 Å². The van der Waals surface area contributed by atoms with Crippen LogP contribution >= 0.6 is 0 Å². The van der Waals surface area contributed by atoms with Gasteiger partial charge < -0.3 is 9.74 Å². The van der Waals surface area contributed by atoms with Crippen molar-refractivity contribution in [3.8, 4) is 12.3 Å². The van der Waals surface area contributed by atoms with E-state index in [1.807, 2.05) is 30.3 Å². The fourth-order valence-electron chi connectivity index (χ4n) is 3.00. The molecule has 126 valence electrons.